The molecule has 1 aromatic rings. The molecule has 3 amide bonds. The number of nitrogens with zero attached hydrogens (tertiary/aromatic N) is 1. The summed E-state index contributed by atoms with van der Waals surface area (Å²) in [6.45, 7) is -1.26. The highest BCUT2D eigenvalue weighted by molar-refractivity contribution is 5.97. The first-order valence-electron chi connectivity index (χ1n) is 8.39. The first-order chi connectivity index (χ1) is 12.6. The lowest BCUT2D eigenvalue weighted by Gasteiger charge is -2.27. The molecule has 1 aliphatic carbocycles. The van der Waals surface area contributed by atoms with Gasteiger partial charge in [-0.3, -0.25) is 9.59 Å². The fraction of sp³-hybridized carbons (Fsp3) is 0.471. The number of amides is 3. The number of carboxylic acids is 1. The van der Waals surface area contributed by atoms with Crippen LogP contribution in [0, 0.1) is 5.41 Å². The van der Waals surface area contributed by atoms with Gasteiger partial charge in [-0.15, -0.1) is 0 Å². The van der Waals surface area contributed by atoms with Gasteiger partial charge < -0.3 is 20.6 Å². The number of anilines is 1. The maximum Gasteiger partial charge on any atom is 0.406 e. The zero-order valence-corrected chi connectivity index (χ0v) is 14.2. The minimum atomic E-state index is -4.96. The van der Waals surface area contributed by atoms with Crippen LogP contribution in [0.25, 0.3) is 0 Å². The molecule has 1 unspecified atom stereocenters. The minimum Gasteiger partial charge on any atom is -0.481 e. The van der Waals surface area contributed by atoms with E-state index in [1.54, 1.807) is 6.07 Å². The Hall–Kier alpha value is -2.78. The standard InChI is InChI=1S/C17H18F3N3O4/c18-17(19,20)16(14(25)26)6-7-23(9-16)13(24)10-2-1-3-12(8-10)22-15(27)21-11-4-5-11/h1-3,8,11H,4-7,9H2,(H,25,26)(H2,21,22,27). The van der Waals surface area contributed by atoms with E-state index in [4.69, 9.17) is 5.11 Å². The van der Waals surface area contributed by atoms with Crippen molar-refractivity contribution in [2.45, 2.75) is 31.5 Å². The van der Waals surface area contributed by atoms with Gasteiger partial charge in [0.05, 0.1) is 0 Å². The van der Waals surface area contributed by atoms with Crippen LogP contribution in [-0.2, 0) is 4.79 Å². The van der Waals surface area contributed by atoms with Crippen molar-refractivity contribution in [1.82, 2.24) is 10.2 Å². The summed E-state index contributed by atoms with van der Waals surface area (Å²) in [4.78, 5) is 36.4. The molecular formula is C17H18F3N3O4. The van der Waals surface area contributed by atoms with Crippen molar-refractivity contribution in [3.8, 4) is 0 Å². The number of halogens is 3. The van der Waals surface area contributed by atoms with E-state index in [2.05, 4.69) is 10.6 Å². The van der Waals surface area contributed by atoms with Crippen molar-refractivity contribution in [2.24, 2.45) is 5.41 Å². The Labute approximate surface area is 152 Å². The molecule has 0 spiro atoms. The summed E-state index contributed by atoms with van der Waals surface area (Å²) in [6.07, 6.45) is -3.84. The zero-order valence-electron chi connectivity index (χ0n) is 14.2. The predicted molar refractivity (Wildman–Crippen MR) is 88.3 cm³/mol. The molecule has 3 N–H and O–H groups in total. The number of likely N-dealkylation sites (tertiary alicyclic amines) is 1. The van der Waals surface area contributed by atoms with E-state index >= 15 is 0 Å². The summed E-state index contributed by atoms with van der Waals surface area (Å²) in [6, 6.07) is 5.51. The molecule has 1 atom stereocenters. The van der Waals surface area contributed by atoms with Crippen LogP contribution in [-0.4, -0.2) is 53.2 Å². The van der Waals surface area contributed by atoms with Gasteiger partial charge in [-0.2, -0.15) is 13.2 Å². The maximum absolute atomic E-state index is 13.2. The number of hydrogen-bond acceptors (Lipinski definition) is 3. The second kappa shape index (κ2) is 6.75. The van der Waals surface area contributed by atoms with E-state index in [-0.39, 0.29) is 18.2 Å². The molecule has 10 heteroatoms. The summed E-state index contributed by atoms with van der Waals surface area (Å²) >= 11 is 0. The van der Waals surface area contributed by atoms with Gasteiger partial charge in [0.25, 0.3) is 5.91 Å². The Bertz CT molecular complexity index is 779. The van der Waals surface area contributed by atoms with Crippen molar-refractivity contribution in [3.63, 3.8) is 0 Å². The van der Waals surface area contributed by atoms with E-state index in [1.807, 2.05) is 0 Å². The summed E-state index contributed by atoms with van der Waals surface area (Å²) in [5.74, 6) is -2.70. The zero-order chi connectivity index (χ0) is 19.8. The summed E-state index contributed by atoms with van der Waals surface area (Å²) in [5, 5.41) is 14.4. The van der Waals surface area contributed by atoms with Crippen LogP contribution in [0.4, 0.5) is 23.7 Å². The molecule has 0 aromatic heterocycles. The third-order valence-corrected chi connectivity index (χ3v) is 4.79. The quantitative estimate of drug-likeness (QED) is 0.741. The Balaban J connectivity index is 1.71. The van der Waals surface area contributed by atoms with Crippen LogP contribution in [0.2, 0.25) is 0 Å². The number of rotatable bonds is 4. The molecule has 0 radical (unpaired) electrons. The second-order valence-corrected chi connectivity index (χ2v) is 6.82. The largest absolute Gasteiger partial charge is 0.481 e. The van der Waals surface area contributed by atoms with Crippen LogP contribution < -0.4 is 10.6 Å². The highest BCUT2D eigenvalue weighted by Gasteiger charge is 2.64. The van der Waals surface area contributed by atoms with Gasteiger partial charge in [0, 0.05) is 30.4 Å². The average molecular weight is 385 g/mol. The molecule has 1 heterocycles. The normalized spacial score (nSPS) is 22.4. The third-order valence-electron chi connectivity index (χ3n) is 4.79. The lowest BCUT2D eigenvalue weighted by molar-refractivity contribution is -0.227. The number of aliphatic carboxylic acids is 1. The van der Waals surface area contributed by atoms with Gasteiger partial charge in [-0.1, -0.05) is 6.07 Å². The van der Waals surface area contributed by atoms with Crippen LogP contribution in [0.15, 0.2) is 24.3 Å². The van der Waals surface area contributed by atoms with Gasteiger partial charge in [-0.25, -0.2) is 4.79 Å². The number of benzene rings is 1. The van der Waals surface area contributed by atoms with Crippen LogP contribution in [0.3, 0.4) is 0 Å². The first-order valence-corrected chi connectivity index (χ1v) is 8.39. The Morgan fingerprint density at radius 2 is 1.93 bits per heavy atom. The molecule has 7 nitrogen and oxygen atoms in total. The fourth-order valence-electron chi connectivity index (χ4n) is 3.00. The van der Waals surface area contributed by atoms with Crippen molar-refractivity contribution in [3.05, 3.63) is 29.8 Å². The molecule has 1 saturated carbocycles. The summed E-state index contributed by atoms with van der Waals surface area (Å²) in [7, 11) is 0. The number of carboxylic acid groups (broad SMARTS) is 1. The lowest BCUT2D eigenvalue weighted by Crippen LogP contribution is -2.47. The SMILES string of the molecule is O=C(Nc1cccc(C(=O)N2CCC(C(=O)O)(C(F)(F)F)C2)c1)NC1CC1. The summed E-state index contributed by atoms with van der Waals surface area (Å²) < 4.78 is 39.7. The summed E-state index contributed by atoms with van der Waals surface area (Å²) in [5.41, 5.74) is -2.57. The minimum absolute atomic E-state index is 0.0718. The van der Waals surface area contributed by atoms with Crippen molar-refractivity contribution >= 4 is 23.6 Å². The van der Waals surface area contributed by atoms with Crippen molar-refractivity contribution in [2.75, 3.05) is 18.4 Å². The number of carbonyl (C=O) groups excluding carboxylic acids is 2. The highest BCUT2D eigenvalue weighted by atomic mass is 19.4. The van der Waals surface area contributed by atoms with E-state index in [1.165, 1.54) is 18.2 Å². The van der Waals surface area contributed by atoms with E-state index in [0.29, 0.717) is 5.69 Å². The van der Waals surface area contributed by atoms with Crippen molar-refractivity contribution < 1.29 is 32.7 Å². The molecular weight excluding hydrogens is 367 g/mol. The van der Waals surface area contributed by atoms with Gasteiger partial charge in [0.15, 0.2) is 5.41 Å². The van der Waals surface area contributed by atoms with Gasteiger partial charge in [0.2, 0.25) is 0 Å². The molecule has 2 fully saturated rings. The van der Waals surface area contributed by atoms with Crippen LogP contribution in [0.1, 0.15) is 29.6 Å². The molecule has 146 valence electrons. The maximum atomic E-state index is 13.2. The molecule has 1 saturated heterocycles. The van der Waals surface area contributed by atoms with Gasteiger partial charge in [0.1, 0.15) is 0 Å². The van der Waals surface area contributed by atoms with E-state index in [9.17, 15) is 27.6 Å². The fourth-order valence-corrected chi connectivity index (χ4v) is 3.00. The van der Waals surface area contributed by atoms with Crippen LogP contribution >= 0.6 is 0 Å². The molecule has 1 aromatic carbocycles. The number of alkyl halides is 3. The molecule has 1 aliphatic heterocycles. The predicted octanol–water partition coefficient (Wildman–Crippen LogP) is 2.45. The van der Waals surface area contributed by atoms with Gasteiger partial charge in [-0.05, 0) is 37.5 Å². The number of hydrogen-bond donors (Lipinski definition) is 3. The average Bonchev–Trinajstić information content (AvgIpc) is 3.25. The third kappa shape index (κ3) is 3.83. The Morgan fingerprint density at radius 3 is 2.48 bits per heavy atom. The van der Waals surface area contributed by atoms with E-state index in [0.717, 1.165) is 17.7 Å². The number of urea groups is 1. The molecule has 27 heavy (non-hydrogen) atoms. The van der Waals surface area contributed by atoms with Crippen LogP contribution in [0.5, 0.6) is 0 Å². The van der Waals surface area contributed by atoms with Gasteiger partial charge >= 0.3 is 18.2 Å². The molecule has 3 rings (SSSR count). The van der Waals surface area contributed by atoms with E-state index < -0.39 is 42.5 Å². The number of nitrogens with one attached hydrogen (secondary N) is 2. The Morgan fingerprint density at radius 1 is 1.22 bits per heavy atom. The molecule has 2 aliphatic rings. The second-order valence-electron chi connectivity index (χ2n) is 6.82. The first kappa shape index (κ1) is 19.0. The highest BCUT2D eigenvalue weighted by Crippen LogP contribution is 2.46. The monoisotopic (exact) mass is 385 g/mol. The molecule has 0 bridgehead atoms. The lowest BCUT2D eigenvalue weighted by atomic mass is 9.86. The Kier molecular flexibility index (Phi) is 4.75. The number of carbonyl (C=O) groups is 3. The smallest absolute Gasteiger partial charge is 0.406 e. The van der Waals surface area contributed by atoms with Crippen molar-refractivity contribution in [1.29, 1.82) is 0 Å². The topological polar surface area (TPSA) is 98.7 Å².